The monoisotopic (exact) mass is 206 g/mol. The normalized spacial score (nSPS) is 10.3. The predicted molar refractivity (Wildman–Crippen MR) is 54.0 cm³/mol. The molecule has 0 fully saturated rings. The molecule has 1 heterocycles. The van der Waals surface area contributed by atoms with Crippen LogP contribution in [0.5, 0.6) is 5.75 Å². The van der Waals surface area contributed by atoms with Crippen molar-refractivity contribution in [3.63, 3.8) is 0 Å². The van der Waals surface area contributed by atoms with Crippen LogP contribution in [0.2, 0.25) is 0 Å². The van der Waals surface area contributed by atoms with Crippen LogP contribution >= 0.6 is 0 Å². The molecule has 0 bridgehead atoms. The summed E-state index contributed by atoms with van der Waals surface area (Å²) in [6, 6.07) is 3.40. The molecule has 0 saturated heterocycles. The van der Waals surface area contributed by atoms with Gasteiger partial charge >= 0.3 is 5.97 Å². The molecule has 0 unspecified atom stereocenters. The highest BCUT2D eigenvalue weighted by Gasteiger charge is 2.14. The summed E-state index contributed by atoms with van der Waals surface area (Å²) in [5.74, 6) is 0.0547. The summed E-state index contributed by atoms with van der Waals surface area (Å²) in [4.78, 5) is 11.4. The highest BCUT2D eigenvalue weighted by molar-refractivity contribution is 5.97. The molecule has 0 atom stereocenters. The van der Waals surface area contributed by atoms with Crippen LogP contribution in [-0.2, 0) is 4.74 Å². The Hall–Kier alpha value is -2.04. The van der Waals surface area contributed by atoms with E-state index in [2.05, 4.69) is 14.9 Å². The second-order valence-electron chi connectivity index (χ2n) is 3.00. The lowest BCUT2D eigenvalue weighted by molar-refractivity contribution is 0.0597. The van der Waals surface area contributed by atoms with E-state index in [4.69, 9.17) is 4.74 Å². The van der Waals surface area contributed by atoms with E-state index in [1.807, 2.05) is 0 Å². The van der Waals surface area contributed by atoms with Gasteiger partial charge in [0.05, 0.1) is 25.9 Å². The predicted octanol–water partition coefficient (Wildman–Crippen LogP) is 1.36. The summed E-state index contributed by atoms with van der Waals surface area (Å²) in [5.41, 5.74) is 1.16. The van der Waals surface area contributed by atoms with Gasteiger partial charge in [0.15, 0.2) is 0 Å². The van der Waals surface area contributed by atoms with Gasteiger partial charge in [-0.05, 0) is 12.1 Å². The Bertz CT molecular complexity index is 504. The van der Waals surface area contributed by atoms with Gasteiger partial charge in [0.2, 0.25) is 0 Å². The molecule has 0 aliphatic carbocycles. The van der Waals surface area contributed by atoms with Gasteiger partial charge < -0.3 is 9.47 Å². The van der Waals surface area contributed by atoms with Gasteiger partial charge in [-0.3, -0.25) is 5.10 Å². The fourth-order valence-electron chi connectivity index (χ4n) is 1.41. The van der Waals surface area contributed by atoms with Crippen LogP contribution in [0.15, 0.2) is 18.3 Å². The minimum Gasteiger partial charge on any atom is -0.496 e. The van der Waals surface area contributed by atoms with Gasteiger partial charge in [0, 0.05) is 5.39 Å². The average molecular weight is 206 g/mol. The smallest absolute Gasteiger partial charge is 0.341 e. The number of methoxy groups -OCH3 is 2. The maximum absolute atomic E-state index is 11.4. The van der Waals surface area contributed by atoms with Gasteiger partial charge in [-0.1, -0.05) is 0 Å². The van der Waals surface area contributed by atoms with Crippen molar-refractivity contribution in [2.75, 3.05) is 14.2 Å². The molecule has 0 spiro atoms. The highest BCUT2D eigenvalue weighted by Crippen LogP contribution is 2.24. The van der Waals surface area contributed by atoms with Gasteiger partial charge in [-0.2, -0.15) is 5.10 Å². The molecule has 5 nitrogen and oxygen atoms in total. The lowest BCUT2D eigenvalue weighted by Gasteiger charge is -2.06. The van der Waals surface area contributed by atoms with Crippen molar-refractivity contribution in [3.8, 4) is 5.75 Å². The molecule has 2 rings (SSSR count). The van der Waals surface area contributed by atoms with Crippen molar-refractivity contribution >= 4 is 16.9 Å². The zero-order valence-electron chi connectivity index (χ0n) is 8.40. The number of fused-ring (bicyclic) bond motifs is 1. The molecule has 78 valence electrons. The van der Waals surface area contributed by atoms with Crippen LogP contribution in [-0.4, -0.2) is 30.4 Å². The molecule has 1 N–H and O–H groups in total. The molecule has 15 heavy (non-hydrogen) atoms. The van der Waals surface area contributed by atoms with Crippen LogP contribution in [0.1, 0.15) is 10.4 Å². The zero-order valence-corrected chi connectivity index (χ0v) is 8.40. The second-order valence-corrected chi connectivity index (χ2v) is 3.00. The van der Waals surface area contributed by atoms with E-state index in [9.17, 15) is 4.79 Å². The molecular formula is C10H10N2O3. The Morgan fingerprint density at radius 2 is 2.20 bits per heavy atom. The summed E-state index contributed by atoms with van der Waals surface area (Å²) >= 11 is 0. The van der Waals surface area contributed by atoms with Gasteiger partial charge in [0.25, 0.3) is 0 Å². The van der Waals surface area contributed by atoms with Crippen molar-refractivity contribution in [2.45, 2.75) is 0 Å². The van der Waals surface area contributed by atoms with Crippen molar-refractivity contribution in [3.05, 3.63) is 23.9 Å². The number of rotatable bonds is 2. The first-order valence-electron chi connectivity index (χ1n) is 4.35. The Balaban J connectivity index is 2.64. The Morgan fingerprint density at radius 1 is 1.40 bits per heavy atom. The molecule has 2 aromatic rings. The third kappa shape index (κ3) is 1.52. The van der Waals surface area contributed by atoms with Crippen LogP contribution in [0.3, 0.4) is 0 Å². The molecule has 0 aliphatic heterocycles. The number of aromatic amines is 1. The lowest BCUT2D eigenvalue weighted by atomic mass is 10.1. The third-order valence-corrected chi connectivity index (χ3v) is 2.17. The first-order chi connectivity index (χ1) is 7.26. The fourth-order valence-corrected chi connectivity index (χ4v) is 1.41. The van der Waals surface area contributed by atoms with Crippen LogP contribution in [0, 0.1) is 0 Å². The number of hydrogen-bond donors (Lipinski definition) is 1. The van der Waals surface area contributed by atoms with Gasteiger partial charge in [0.1, 0.15) is 11.3 Å². The molecular weight excluding hydrogens is 196 g/mol. The molecule has 0 amide bonds. The zero-order chi connectivity index (χ0) is 10.8. The number of nitrogens with zero attached hydrogens (tertiary/aromatic N) is 1. The number of ether oxygens (including phenoxy) is 2. The fraction of sp³-hybridized carbons (Fsp3) is 0.200. The van der Waals surface area contributed by atoms with Crippen LogP contribution in [0.25, 0.3) is 10.9 Å². The first kappa shape index (κ1) is 9.51. The van der Waals surface area contributed by atoms with E-state index in [1.165, 1.54) is 14.2 Å². The van der Waals surface area contributed by atoms with E-state index in [1.54, 1.807) is 18.3 Å². The number of nitrogens with one attached hydrogen (secondary N) is 1. The molecule has 0 radical (unpaired) electrons. The van der Waals surface area contributed by atoms with Crippen molar-refractivity contribution in [1.29, 1.82) is 0 Å². The Labute approximate surface area is 86.0 Å². The highest BCUT2D eigenvalue weighted by atomic mass is 16.5. The number of carbonyl (C=O) groups excluding carboxylic acids is 1. The number of esters is 1. The molecule has 0 saturated carbocycles. The minimum atomic E-state index is -0.427. The third-order valence-electron chi connectivity index (χ3n) is 2.17. The number of H-pyrrole nitrogens is 1. The maximum Gasteiger partial charge on any atom is 0.341 e. The second kappa shape index (κ2) is 3.61. The summed E-state index contributed by atoms with van der Waals surface area (Å²) < 4.78 is 9.75. The van der Waals surface area contributed by atoms with Gasteiger partial charge in [-0.25, -0.2) is 4.79 Å². The molecule has 5 heteroatoms. The number of carbonyl (C=O) groups is 1. The Kier molecular flexibility index (Phi) is 2.29. The quantitative estimate of drug-likeness (QED) is 0.753. The molecule has 0 aliphatic rings. The SMILES string of the molecule is COC(=O)c1cc2[nH]ncc2cc1OC. The lowest BCUT2D eigenvalue weighted by Crippen LogP contribution is -2.03. The van der Waals surface area contributed by atoms with Gasteiger partial charge in [-0.15, -0.1) is 0 Å². The van der Waals surface area contributed by atoms with E-state index in [0.717, 1.165) is 10.9 Å². The summed E-state index contributed by atoms with van der Waals surface area (Å²) in [7, 11) is 2.84. The Morgan fingerprint density at radius 3 is 2.87 bits per heavy atom. The maximum atomic E-state index is 11.4. The standard InChI is InChI=1S/C10H10N2O3/c1-14-9-3-6-5-11-12-8(6)4-7(9)10(13)15-2/h3-5H,1-2H3,(H,11,12). The topological polar surface area (TPSA) is 64.2 Å². The van der Waals surface area contributed by atoms with E-state index in [-0.39, 0.29) is 0 Å². The molecule has 1 aromatic heterocycles. The number of benzene rings is 1. The summed E-state index contributed by atoms with van der Waals surface area (Å²) in [6.07, 6.45) is 1.67. The molecule has 1 aromatic carbocycles. The first-order valence-corrected chi connectivity index (χ1v) is 4.35. The van der Waals surface area contributed by atoms with E-state index in [0.29, 0.717) is 11.3 Å². The summed E-state index contributed by atoms with van der Waals surface area (Å²) in [5, 5.41) is 7.54. The van der Waals surface area contributed by atoms with E-state index < -0.39 is 5.97 Å². The van der Waals surface area contributed by atoms with Crippen molar-refractivity contribution in [2.24, 2.45) is 0 Å². The minimum absolute atomic E-state index is 0.386. The van der Waals surface area contributed by atoms with E-state index >= 15 is 0 Å². The van der Waals surface area contributed by atoms with Crippen molar-refractivity contribution in [1.82, 2.24) is 10.2 Å². The van der Waals surface area contributed by atoms with Crippen LogP contribution in [0.4, 0.5) is 0 Å². The number of hydrogen-bond acceptors (Lipinski definition) is 4. The van der Waals surface area contributed by atoms with Crippen LogP contribution < -0.4 is 4.74 Å². The van der Waals surface area contributed by atoms with Crippen molar-refractivity contribution < 1.29 is 14.3 Å². The number of aromatic nitrogens is 2. The largest absolute Gasteiger partial charge is 0.496 e. The summed E-state index contributed by atoms with van der Waals surface area (Å²) in [6.45, 7) is 0. The average Bonchev–Trinajstić information content (AvgIpc) is 2.73.